The normalized spacial score (nSPS) is 17.5. The maximum atomic E-state index is 13.8. The third-order valence-electron chi connectivity index (χ3n) is 8.81. The Morgan fingerprint density at radius 2 is 1.71 bits per heavy atom. The molecule has 1 amide bonds. The Morgan fingerprint density at radius 1 is 0.958 bits per heavy atom. The molecule has 1 aliphatic heterocycles. The smallest absolute Gasteiger partial charge is 0.339 e. The van der Waals surface area contributed by atoms with Crippen molar-refractivity contribution in [1.29, 1.82) is 0 Å². The summed E-state index contributed by atoms with van der Waals surface area (Å²) < 4.78 is 44.4. The van der Waals surface area contributed by atoms with E-state index in [1.54, 1.807) is 7.11 Å². The number of para-hydroxylation sites is 1. The molecule has 250 valence electrons. The van der Waals surface area contributed by atoms with Gasteiger partial charge in [0.25, 0.3) is 5.91 Å². The average Bonchev–Trinajstić information content (AvgIpc) is 3.10. The van der Waals surface area contributed by atoms with Crippen LogP contribution in [-0.2, 0) is 26.0 Å². The minimum atomic E-state index is -3.74. The molecule has 1 atom stereocenters. The lowest BCUT2D eigenvalue weighted by Crippen LogP contribution is -2.35. The van der Waals surface area contributed by atoms with Gasteiger partial charge in [0.15, 0.2) is 6.61 Å². The van der Waals surface area contributed by atoms with Crippen LogP contribution < -0.4 is 14.8 Å². The van der Waals surface area contributed by atoms with Gasteiger partial charge in [0.05, 0.1) is 41.6 Å². The first-order valence-corrected chi connectivity index (χ1v) is 17.5. The monoisotopic (exact) mass is 669 g/mol. The van der Waals surface area contributed by atoms with Gasteiger partial charge in [-0.3, -0.25) is 4.79 Å². The van der Waals surface area contributed by atoms with Crippen molar-refractivity contribution in [3.63, 3.8) is 0 Å². The molecule has 6 rings (SSSR count). The summed E-state index contributed by atoms with van der Waals surface area (Å²) in [5, 5.41) is 3.33. The number of nitrogens with one attached hydrogen (secondary N) is 1. The molecule has 0 radical (unpaired) electrons. The van der Waals surface area contributed by atoms with Crippen LogP contribution in [0, 0.1) is 5.92 Å². The number of fused-ring (bicyclic) bond motifs is 2. The van der Waals surface area contributed by atoms with E-state index in [0.29, 0.717) is 36.0 Å². The fourth-order valence-corrected chi connectivity index (χ4v) is 8.00. The van der Waals surface area contributed by atoms with Crippen molar-refractivity contribution in [2.24, 2.45) is 5.92 Å². The van der Waals surface area contributed by atoms with Crippen LogP contribution in [-0.4, -0.2) is 63.5 Å². The Bertz CT molecular complexity index is 1980. The summed E-state index contributed by atoms with van der Waals surface area (Å²) in [5.41, 5.74) is 4.75. The highest BCUT2D eigenvalue weighted by atomic mass is 32.2. The number of ether oxygens (including phenoxy) is 3. The highest BCUT2D eigenvalue weighted by Gasteiger charge is 2.30. The molecule has 1 N–H and O–H groups in total. The maximum Gasteiger partial charge on any atom is 0.339 e. The highest BCUT2D eigenvalue weighted by molar-refractivity contribution is 7.89. The number of rotatable bonds is 9. The molecule has 4 aromatic rings. The number of methoxy groups -OCH3 is 2. The molecular weight excluding hydrogens is 630 g/mol. The lowest BCUT2D eigenvalue weighted by atomic mass is 9.80. The molecule has 0 bridgehead atoms. The van der Waals surface area contributed by atoms with E-state index in [4.69, 9.17) is 19.2 Å². The standard InChI is InChI=1S/C37H39N3O7S/c1-24-19-26(21-25-11-13-27(45-2)14-12-25)36-30(20-24)35(29-9-5-6-10-31(29)39-36)37(42)47-23-34(41)38-32-22-28(15-16-33(32)46-3)48(43,44)40-17-7-4-8-18-40/h5-6,9-16,21-22,24H,4,7-8,17-20,23H2,1-3H3,(H,38,41)/b26-21-/t24-/m0/s1. The minimum Gasteiger partial charge on any atom is -0.497 e. The number of benzene rings is 3. The molecule has 2 heterocycles. The molecule has 2 aliphatic rings. The van der Waals surface area contributed by atoms with Gasteiger partial charge in [-0.15, -0.1) is 0 Å². The molecule has 3 aromatic carbocycles. The van der Waals surface area contributed by atoms with Crippen molar-refractivity contribution in [3.8, 4) is 11.5 Å². The van der Waals surface area contributed by atoms with Crippen molar-refractivity contribution < 1.29 is 32.2 Å². The number of nitrogens with zero attached hydrogens (tertiary/aromatic N) is 2. The van der Waals surface area contributed by atoms with E-state index in [0.717, 1.165) is 53.8 Å². The molecule has 0 saturated carbocycles. The van der Waals surface area contributed by atoms with Gasteiger partial charge in [-0.05, 0) is 90.8 Å². The minimum absolute atomic E-state index is 0.0556. The zero-order valence-corrected chi connectivity index (χ0v) is 28.1. The second kappa shape index (κ2) is 14.2. The molecule has 1 aliphatic carbocycles. The van der Waals surface area contributed by atoms with E-state index < -0.39 is 28.5 Å². The maximum absolute atomic E-state index is 13.8. The summed E-state index contributed by atoms with van der Waals surface area (Å²) >= 11 is 0. The summed E-state index contributed by atoms with van der Waals surface area (Å²) in [7, 11) is -0.685. The largest absolute Gasteiger partial charge is 0.497 e. The van der Waals surface area contributed by atoms with Crippen molar-refractivity contribution in [3.05, 3.63) is 89.1 Å². The number of carbonyl (C=O) groups excluding carboxylic acids is 2. The van der Waals surface area contributed by atoms with Crippen LogP contribution in [0.4, 0.5) is 5.69 Å². The lowest BCUT2D eigenvalue weighted by Gasteiger charge is -2.26. The molecule has 10 nitrogen and oxygen atoms in total. The number of pyridine rings is 1. The Hall–Kier alpha value is -4.74. The number of allylic oxidation sites excluding steroid dienone is 1. The second-order valence-corrected chi connectivity index (χ2v) is 14.2. The summed E-state index contributed by atoms with van der Waals surface area (Å²) in [6.45, 7) is 2.46. The third kappa shape index (κ3) is 6.93. The van der Waals surface area contributed by atoms with Crippen LogP contribution in [0.5, 0.6) is 11.5 Å². The zero-order chi connectivity index (χ0) is 33.8. The molecule has 11 heteroatoms. The Balaban J connectivity index is 1.26. The number of carbonyl (C=O) groups is 2. The molecule has 48 heavy (non-hydrogen) atoms. The SMILES string of the molecule is COc1ccc(/C=C2/C[C@H](C)Cc3c2nc2ccccc2c3C(=O)OCC(=O)Nc2cc(S(=O)(=O)N3CCCCC3)ccc2OC)cc1. The quantitative estimate of drug-likeness (QED) is 0.205. The highest BCUT2D eigenvalue weighted by Crippen LogP contribution is 2.39. The predicted molar refractivity (Wildman–Crippen MR) is 185 cm³/mol. The van der Waals surface area contributed by atoms with Crippen molar-refractivity contribution in [1.82, 2.24) is 9.29 Å². The van der Waals surface area contributed by atoms with Crippen molar-refractivity contribution in [2.75, 3.05) is 39.2 Å². The first-order chi connectivity index (χ1) is 23.2. The van der Waals surface area contributed by atoms with Gasteiger partial charge in [-0.1, -0.05) is 43.7 Å². The van der Waals surface area contributed by atoms with E-state index in [-0.39, 0.29) is 22.3 Å². The van der Waals surface area contributed by atoms with Crippen LogP contribution >= 0.6 is 0 Å². The number of hydrogen-bond acceptors (Lipinski definition) is 8. The number of amides is 1. The topological polar surface area (TPSA) is 124 Å². The number of hydrogen-bond donors (Lipinski definition) is 1. The summed E-state index contributed by atoms with van der Waals surface area (Å²) in [6, 6.07) is 19.5. The zero-order valence-electron chi connectivity index (χ0n) is 27.3. The summed E-state index contributed by atoms with van der Waals surface area (Å²) in [5.74, 6) is 0.0231. The van der Waals surface area contributed by atoms with E-state index in [1.807, 2.05) is 48.5 Å². The second-order valence-electron chi connectivity index (χ2n) is 12.2. The summed E-state index contributed by atoms with van der Waals surface area (Å²) in [6.07, 6.45) is 6.10. The lowest BCUT2D eigenvalue weighted by molar-refractivity contribution is -0.119. The van der Waals surface area contributed by atoms with Gasteiger partial charge in [-0.2, -0.15) is 4.31 Å². The number of anilines is 1. The molecule has 1 fully saturated rings. The number of piperidine rings is 1. The van der Waals surface area contributed by atoms with Crippen LogP contribution in [0.2, 0.25) is 0 Å². The molecule has 0 unspecified atom stereocenters. The number of esters is 1. The van der Waals surface area contributed by atoms with E-state index in [1.165, 1.54) is 29.6 Å². The number of aromatic nitrogens is 1. The van der Waals surface area contributed by atoms with E-state index >= 15 is 0 Å². The van der Waals surface area contributed by atoms with Gasteiger partial charge in [0.1, 0.15) is 11.5 Å². The van der Waals surface area contributed by atoms with Gasteiger partial charge < -0.3 is 19.5 Å². The Kier molecular flexibility index (Phi) is 9.79. The third-order valence-corrected chi connectivity index (χ3v) is 10.7. The first kappa shape index (κ1) is 33.2. The Morgan fingerprint density at radius 3 is 2.44 bits per heavy atom. The van der Waals surface area contributed by atoms with Gasteiger partial charge in [0.2, 0.25) is 10.0 Å². The van der Waals surface area contributed by atoms with Gasteiger partial charge in [-0.25, -0.2) is 18.2 Å². The Labute approximate surface area is 280 Å². The van der Waals surface area contributed by atoms with E-state index in [2.05, 4.69) is 18.3 Å². The van der Waals surface area contributed by atoms with Gasteiger partial charge in [0, 0.05) is 18.5 Å². The fourth-order valence-electron chi connectivity index (χ4n) is 6.46. The predicted octanol–water partition coefficient (Wildman–Crippen LogP) is 6.35. The first-order valence-electron chi connectivity index (χ1n) is 16.1. The fraction of sp³-hybridized carbons (Fsp3) is 0.324. The van der Waals surface area contributed by atoms with Crippen LogP contribution in [0.3, 0.4) is 0 Å². The molecule has 1 aromatic heterocycles. The molecule has 1 saturated heterocycles. The van der Waals surface area contributed by atoms with E-state index in [9.17, 15) is 18.0 Å². The van der Waals surface area contributed by atoms with Crippen LogP contribution in [0.15, 0.2) is 71.6 Å². The summed E-state index contributed by atoms with van der Waals surface area (Å²) in [4.78, 5) is 32.0. The van der Waals surface area contributed by atoms with Crippen molar-refractivity contribution in [2.45, 2.75) is 43.9 Å². The van der Waals surface area contributed by atoms with Crippen LogP contribution in [0.25, 0.3) is 22.6 Å². The number of sulfonamides is 1. The van der Waals surface area contributed by atoms with Gasteiger partial charge >= 0.3 is 5.97 Å². The van der Waals surface area contributed by atoms with Crippen LogP contribution in [0.1, 0.15) is 59.8 Å². The van der Waals surface area contributed by atoms with Crippen molar-refractivity contribution >= 4 is 50.1 Å². The molecular formula is C37H39N3O7S. The average molecular weight is 670 g/mol. The molecule has 0 spiro atoms.